The molecule has 37 heavy (non-hydrogen) atoms. The summed E-state index contributed by atoms with van der Waals surface area (Å²) in [7, 11) is 1.61. The van der Waals surface area contributed by atoms with E-state index in [0.717, 1.165) is 42.9 Å². The fraction of sp³-hybridized carbons (Fsp3) is 0.414. The lowest BCUT2D eigenvalue weighted by molar-refractivity contribution is -0.136. The van der Waals surface area contributed by atoms with Crippen LogP contribution in [0.3, 0.4) is 0 Å². The molecule has 4 rings (SSSR count). The van der Waals surface area contributed by atoms with Gasteiger partial charge in [-0.3, -0.25) is 9.78 Å². The number of methoxy groups -OCH3 is 1. The molecule has 1 N–H and O–H groups in total. The van der Waals surface area contributed by atoms with Crippen LogP contribution in [0.2, 0.25) is 0 Å². The number of piperidine rings is 1. The molecular formula is C29H34FN3O4. The SMILES string of the molecule is COc1ccccc1CCOc1ncc(-c2cnc(C)c(CC(=O)O)c2N2CCC(C)(C)CC2)cc1F. The molecule has 1 aliphatic heterocycles. The van der Waals surface area contributed by atoms with Crippen molar-refractivity contribution in [1.82, 2.24) is 9.97 Å². The van der Waals surface area contributed by atoms with Gasteiger partial charge in [0.05, 0.1) is 25.8 Å². The van der Waals surface area contributed by atoms with Gasteiger partial charge in [0.2, 0.25) is 5.88 Å². The van der Waals surface area contributed by atoms with Gasteiger partial charge in [-0.05, 0) is 42.9 Å². The summed E-state index contributed by atoms with van der Waals surface area (Å²) in [6.45, 7) is 8.12. The minimum atomic E-state index is -0.927. The molecule has 1 aromatic carbocycles. The Kier molecular flexibility index (Phi) is 7.95. The van der Waals surface area contributed by atoms with Crippen molar-refractivity contribution < 1.29 is 23.8 Å². The number of aryl methyl sites for hydroxylation is 1. The standard InChI is InChI=1S/C29H34FN3O4/c1-19-22(16-26(34)35)27(33-12-10-29(2,3)11-13-33)23(18-31-19)21-15-24(30)28(32-17-21)37-14-9-20-7-5-6-8-25(20)36-4/h5-8,15,17-18H,9-14,16H2,1-4H3,(H,34,35). The topological polar surface area (TPSA) is 84.8 Å². The summed E-state index contributed by atoms with van der Waals surface area (Å²) < 4.78 is 26.1. The number of carbonyl (C=O) groups is 1. The zero-order chi connectivity index (χ0) is 26.6. The highest BCUT2D eigenvalue weighted by Gasteiger charge is 2.29. The fourth-order valence-corrected chi connectivity index (χ4v) is 4.75. The van der Waals surface area contributed by atoms with Crippen LogP contribution in [0.15, 0.2) is 42.7 Å². The number of hydrogen-bond acceptors (Lipinski definition) is 6. The highest BCUT2D eigenvalue weighted by molar-refractivity contribution is 5.84. The van der Waals surface area contributed by atoms with E-state index in [0.29, 0.717) is 28.8 Å². The molecule has 3 aromatic rings. The second kappa shape index (κ2) is 11.2. The average Bonchev–Trinajstić information content (AvgIpc) is 2.86. The summed E-state index contributed by atoms with van der Waals surface area (Å²) in [5.41, 5.74) is 4.52. The number of para-hydroxylation sites is 1. The third-order valence-electron chi connectivity index (χ3n) is 7.05. The zero-order valence-corrected chi connectivity index (χ0v) is 21.9. The zero-order valence-electron chi connectivity index (χ0n) is 21.9. The molecule has 3 heterocycles. The van der Waals surface area contributed by atoms with E-state index < -0.39 is 11.8 Å². The number of nitrogens with zero attached hydrogens (tertiary/aromatic N) is 3. The summed E-state index contributed by atoms with van der Waals surface area (Å²) in [5, 5.41) is 9.59. The second-order valence-electron chi connectivity index (χ2n) is 10.2. The molecular weight excluding hydrogens is 473 g/mol. The molecule has 7 nitrogen and oxygen atoms in total. The molecule has 1 saturated heterocycles. The number of carboxylic acids is 1. The Labute approximate surface area is 217 Å². The summed E-state index contributed by atoms with van der Waals surface area (Å²) in [6.07, 6.45) is 5.60. The van der Waals surface area contributed by atoms with E-state index in [-0.39, 0.29) is 24.3 Å². The first-order chi connectivity index (χ1) is 17.7. The van der Waals surface area contributed by atoms with Gasteiger partial charge < -0.3 is 19.5 Å². The van der Waals surface area contributed by atoms with Crippen LogP contribution in [-0.2, 0) is 17.6 Å². The number of anilines is 1. The van der Waals surface area contributed by atoms with E-state index in [1.807, 2.05) is 31.2 Å². The first-order valence-electron chi connectivity index (χ1n) is 12.5. The Morgan fingerprint density at radius 2 is 1.89 bits per heavy atom. The molecule has 0 amide bonds. The predicted molar refractivity (Wildman–Crippen MR) is 141 cm³/mol. The number of carboxylic acid groups (broad SMARTS) is 1. The molecule has 0 radical (unpaired) electrons. The van der Waals surface area contributed by atoms with Gasteiger partial charge >= 0.3 is 5.97 Å². The van der Waals surface area contributed by atoms with Crippen molar-refractivity contribution in [2.45, 2.75) is 46.5 Å². The minimum Gasteiger partial charge on any atom is -0.496 e. The van der Waals surface area contributed by atoms with Crippen LogP contribution in [0.5, 0.6) is 11.6 Å². The molecule has 0 spiro atoms. The predicted octanol–water partition coefficient (Wildman–Crippen LogP) is 5.47. The van der Waals surface area contributed by atoms with Gasteiger partial charge in [0.25, 0.3) is 0 Å². The monoisotopic (exact) mass is 507 g/mol. The van der Waals surface area contributed by atoms with Crippen LogP contribution in [0.1, 0.15) is 43.5 Å². The molecule has 8 heteroatoms. The van der Waals surface area contributed by atoms with Crippen LogP contribution >= 0.6 is 0 Å². The lowest BCUT2D eigenvalue weighted by atomic mass is 9.82. The van der Waals surface area contributed by atoms with Gasteiger partial charge in [0, 0.05) is 54.3 Å². The molecule has 0 atom stereocenters. The van der Waals surface area contributed by atoms with Crippen LogP contribution in [0.4, 0.5) is 10.1 Å². The Bertz CT molecular complexity index is 1270. The highest BCUT2D eigenvalue weighted by atomic mass is 19.1. The molecule has 0 unspecified atom stereocenters. The van der Waals surface area contributed by atoms with E-state index in [4.69, 9.17) is 9.47 Å². The van der Waals surface area contributed by atoms with Crippen LogP contribution < -0.4 is 14.4 Å². The summed E-state index contributed by atoms with van der Waals surface area (Å²) in [6, 6.07) is 9.01. The van der Waals surface area contributed by atoms with E-state index >= 15 is 4.39 Å². The maximum atomic E-state index is 15.1. The van der Waals surface area contributed by atoms with Crippen molar-refractivity contribution in [3.05, 3.63) is 65.4 Å². The van der Waals surface area contributed by atoms with Crippen molar-refractivity contribution in [1.29, 1.82) is 0 Å². The summed E-state index contributed by atoms with van der Waals surface area (Å²) in [5.74, 6) is -0.828. The third kappa shape index (κ3) is 6.18. The van der Waals surface area contributed by atoms with Crippen LogP contribution in [-0.4, -0.2) is 47.8 Å². The van der Waals surface area contributed by atoms with Gasteiger partial charge in [-0.1, -0.05) is 32.0 Å². The number of ether oxygens (including phenoxy) is 2. The van der Waals surface area contributed by atoms with E-state index in [2.05, 4.69) is 28.7 Å². The molecule has 2 aromatic heterocycles. The minimum absolute atomic E-state index is 0.0780. The Morgan fingerprint density at radius 3 is 2.57 bits per heavy atom. The van der Waals surface area contributed by atoms with Crippen molar-refractivity contribution in [2.24, 2.45) is 5.41 Å². The van der Waals surface area contributed by atoms with E-state index in [1.54, 1.807) is 19.5 Å². The molecule has 1 fully saturated rings. The third-order valence-corrected chi connectivity index (χ3v) is 7.05. The fourth-order valence-electron chi connectivity index (χ4n) is 4.75. The van der Waals surface area contributed by atoms with Crippen LogP contribution in [0.25, 0.3) is 11.1 Å². The normalized spacial score (nSPS) is 14.9. The highest BCUT2D eigenvalue weighted by Crippen LogP contribution is 2.40. The van der Waals surface area contributed by atoms with Gasteiger partial charge in [-0.25, -0.2) is 9.37 Å². The average molecular weight is 508 g/mol. The van der Waals surface area contributed by atoms with E-state index in [9.17, 15) is 9.90 Å². The van der Waals surface area contributed by atoms with Gasteiger partial charge in [0.1, 0.15) is 5.75 Å². The lowest BCUT2D eigenvalue weighted by Crippen LogP contribution is -2.38. The van der Waals surface area contributed by atoms with Crippen molar-refractivity contribution in [3.63, 3.8) is 0 Å². The Balaban J connectivity index is 1.61. The van der Waals surface area contributed by atoms with Crippen molar-refractivity contribution in [2.75, 3.05) is 31.7 Å². The molecule has 0 aliphatic carbocycles. The smallest absolute Gasteiger partial charge is 0.307 e. The Hall–Kier alpha value is -3.68. The number of aliphatic carboxylic acids is 1. The summed E-state index contributed by atoms with van der Waals surface area (Å²) >= 11 is 0. The molecule has 196 valence electrons. The lowest BCUT2D eigenvalue weighted by Gasteiger charge is -2.40. The van der Waals surface area contributed by atoms with Crippen LogP contribution in [0, 0.1) is 18.2 Å². The first kappa shape index (κ1) is 26.4. The van der Waals surface area contributed by atoms with Crippen molar-refractivity contribution in [3.8, 4) is 22.8 Å². The second-order valence-corrected chi connectivity index (χ2v) is 10.2. The van der Waals surface area contributed by atoms with Gasteiger partial charge in [-0.2, -0.15) is 0 Å². The maximum Gasteiger partial charge on any atom is 0.307 e. The number of benzene rings is 1. The van der Waals surface area contributed by atoms with Gasteiger partial charge in [0.15, 0.2) is 5.82 Å². The molecule has 1 aliphatic rings. The largest absolute Gasteiger partial charge is 0.496 e. The maximum absolute atomic E-state index is 15.1. The van der Waals surface area contributed by atoms with Crippen molar-refractivity contribution >= 4 is 11.7 Å². The molecule has 0 saturated carbocycles. The number of hydrogen-bond donors (Lipinski definition) is 1. The number of pyridine rings is 2. The Morgan fingerprint density at radius 1 is 1.16 bits per heavy atom. The van der Waals surface area contributed by atoms with E-state index in [1.165, 1.54) is 6.07 Å². The quantitative estimate of drug-likeness (QED) is 0.411. The number of aromatic nitrogens is 2. The number of halogens is 1. The summed E-state index contributed by atoms with van der Waals surface area (Å²) in [4.78, 5) is 22.6. The molecule has 0 bridgehead atoms. The number of rotatable bonds is 9. The first-order valence-corrected chi connectivity index (χ1v) is 12.5. The van der Waals surface area contributed by atoms with Gasteiger partial charge in [-0.15, -0.1) is 0 Å².